The first-order valence-corrected chi connectivity index (χ1v) is 14.5. The van der Waals surface area contributed by atoms with Crippen molar-refractivity contribution >= 4 is 40.0 Å². The molecule has 0 radical (unpaired) electrons. The van der Waals surface area contributed by atoms with Gasteiger partial charge in [-0.2, -0.15) is 0 Å². The SMILES string of the molecule is CCCN(CCC)CCOc1ccc(C(=O)N2C=C(C(=O)NCC)c3[nH]c4cc(Cl)cnc4c3C(C)(C)C2)cc1. The third-order valence-corrected chi connectivity index (χ3v) is 7.30. The molecule has 2 amide bonds. The molecule has 2 aromatic heterocycles. The summed E-state index contributed by atoms with van der Waals surface area (Å²) in [5.74, 6) is 0.273. The molecule has 1 aromatic carbocycles. The number of hydrogen-bond acceptors (Lipinski definition) is 5. The Kier molecular flexibility index (Phi) is 9.53. The number of rotatable bonds is 11. The number of nitrogens with zero attached hydrogens (tertiary/aromatic N) is 3. The van der Waals surface area contributed by atoms with E-state index in [0.29, 0.717) is 41.5 Å². The summed E-state index contributed by atoms with van der Waals surface area (Å²) < 4.78 is 5.97. The van der Waals surface area contributed by atoms with E-state index >= 15 is 0 Å². The van der Waals surface area contributed by atoms with Gasteiger partial charge in [-0.15, -0.1) is 0 Å². The summed E-state index contributed by atoms with van der Waals surface area (Å²) in [4.78, 5) is 39.0. The van der Waals surface area contributed by atoms with E-state index in [0.717, 1.165) is 54.8 Å². The normalized spacial score (nSPS) is 14.6. The second-order valence-electron chi connectivity index (χ2n) is 10.9. The van der Waals surface area contributed by atoms with Crippen LogP contribution < -0.4 is 10.1 Å². The number of hydrogen-bond donors (Lipinski definition) is 2. The lowest BCUT2D eigenvalue weighted by Gasteiger charge is -2.29. The van der Waals surface area contributed by atoms with Crippen LogP contribution in [0.4, 0.5) is 0 Å². The average molecular weight is 566 g/mol. The van der Waals surface area contributed by atoms with Crippen molar-refractivity contribution in [2.24, 2.45) is 0 Å². The van der Waals surface area contributed by atoms with Gasteiger partial charge in [0, 0.05) is 48.6 Å². The van der Waals surface area contributed by atoms with Gasteiger partial charge in [-0.25, -0.2) is 0 Å². The van der Waals surface area contributed by atoms with Crippen LogP contribution in [0.2, 0.25) is 5.02 Å². The molecular weight excluding hydrogens is 526 g/mol. The zero-order chi connectivity index (χ0) is 28.9. The maximum Gasteiger partial charge on any atom is 0.257 e. The van der Waals surface area contributed by atoms with Gasteiger partial charge in [0.15, 0.2) is 0 Å². The van der Waals surface area contributed by atoms with Crippen LogP contribution in [-0.4, -0.2) is 70.9 Å². The lowest BCUT2D eigenvalue weighted by molar-refractivity contribution is -0.115. The molecule has 1 aliphatic rings. The van der Waals surface area contributed by atoms with E-state index in [4.69, 9.17) is 16.3 Å². The molecule has 40 heavy (non-hydrogen) atoms. The topological polar surface area (TPSA) is 90.6 Å². The van der Waals surface area contributed by atoms with Gasteiger partial charge in [-0.3, -0.25) is 19.5 Å². The Balaban J connectivity index is 1.59. The van der Waals surface area contributed by atoms with Crippen molar-refractivity contribution in [3.63, 3.8) is 0 Å². The van der Waals surface area contributed by atoms with Gasteiger partial charge in [-0.1, -0.05) is 39.3 Å². The second-order valence-corrected chi connectivity index (χ2v) is 11.3. The Hall–Kier alpha value is -3.36. The highest BCUT2D eigenvalue weighted by molar-refractivity contribution is 6.31. The molecule has 0 bridgehead atoms. The monoisotopic (exact) mass is 565 g/mol. The number of benzene rings is 1. The fourth-order valence-corrected chi connectivity index (χ4v) is 5.52. The fourth-order valence-electron chi connectivity index (χ4n) is 5.36. The van der Waals surface area contributed by atoms with E-state index in [1.807, 2.05) is 25.1 Å². The Bertz CT molecular complexity index is 1370. The third-order valence-electron chi connectivity index (χ3n) is 7.10. The third kappa shape index (κ3) is 6.50. The van der Waals surface area contributed by atoms with E-state index in [2.05, 4.69) is 47.9 Å². The molecule has 0 fully saturated rings. The summed E-state index contributed by atoms with van der Waals surface area (Å²) in [6, 6.07) is 9.03. The smallest absolute Gasteiger partial charge is 0.257 e. The quantitative estimate of drug-likeness (QED) is 0.314. The molecule has 0 saturated heterocycles. The van der Waals surface area contributed by atoms with E-state index in [1.165, 1.54) is 0 Å². The van der Waals surface area contributed by atoms with Crippen LogP contribution >= 0.6 is 11.6 Å². The molecule has 9 heteroatoms. The van der Waals surface area contributed by atoms with Crippen molar-refractivity contribution in [2.45, 2.75) is 52.9 Å². The van der Waals surface area contributed by atoms with Crippen molar-refractivity contribution in [1.82, 2.24) is 25.1 Å². The molecule has 3 aromatic rings. The Morgan fingerprint density at radius 1 is 1.12 bits per heavy atom. The van der Waals surface area contributed by atoms with E-state index in [9.17, 15) is 9.59 Å². The molecule has 0 aliphatic carbocycles. The largest absolute Gasteiger partial charge is 0.492 e. The number of halogens is 1. The molecule has 0 unspecified atom stereocenters. The lowest BCUT2D eigenvalue weighted by Crippen LogP contribution is -2.37. The summed E-state index contributed by atoms with van der Waals surface area (Å²) in [6.45, 7) is 14.8. The number of ether oxygens (including phenoxy) is 1. The number of H-pyrrole nitrogens is 1. The molecule has 214 valence electrons. The Labute approximate surface area is 241 Å². The number of aromatic nitrogens is 2. The molecule has 8 nitrogen and oxygen atoms in total. The molecule has 0 atom stereocenters. The first kappa shape index (κ1) is 29.6. The zero-order valence-corrected chi connectivity index (χ0v) is 24.9. The van der Waals surface area contributed by atoms with Crippen LogP contribution in [0.15, 0.2) is 42.7 Å². The Morgan fingerprint density at radius 3 is 2.48 bits per heavy atom. The van der Waals surface area contributed by atoms with Crippen molar-refractivity contribution in [1.29, 1.82) is 0 Å². The predicted octanol–water partition coefficient (Wildman–Crippen LogP) is 5.63. The van der Waals surface area contributed by atoms with Gasteiger partial charge in [-0.05, 0) is 63.2 Å². The number of carbonyl (C=O) groups excluding carboxylic acids is 2. The summed E-state index contributed by atoms with van der Waals surface area (Å²) in [6.07, 6.45) is 5.49. The van der Waals surface area contributed by atoms with Crippen LogP contribution in [-0.2, 0) is 10.2 Å². The second kappa shape index (κ2) is 12.9. The molecule has 3 heterocycles. The van der Waals surface area contributed by atoms with Gasteiger partial charge < -0.3 is 19.9 Å². The van der Waals surface area contributed by atoms with Crippen LogP contribution in [0.1, 0.15) is 69.1 Å². The van der Waals surface area contributed by atoms with Crippen molar-refractivity contribution < 1.29 is 14.3 Å². The van der Waals surface area contributed by atoms with Crippen molar-refractivity contribution in [3.8, 4) is 5.75 Å². The number of nitrogens with one attached hydrogen (secondary N) is 2. The number of aromatic amines is 1. The highest BCUT2D eigenvalue weighted by Gasteiger charge is 2.37. The standard InChI is InChI=1S/C31H40ClN5O3/c1-6-13-36(14-7-2)15-16-40-23-11-9-21(10-12-23)30(39)37-19-24(29(38)33-8-3)27-26(31(4,5)20-37)28-25(35-27)17-22(32)18-34-28/h9-12,17-19,35H,6-8,13-16,20H2,1-5H3,(H,33,38). The minimum Gasteiger partial charge on any atom is -0.492 e. The highest BCUT2D eigenvalue weighted by atomic mass is 35.5. The van der Waals surface area contributed by atoms with Gasteiger partial charge in [0.2, 0.25) is 0 Å². The Morgan fingerprint density at radius 2 is 1.82 bits per heavy atom. The predicted molar refractivity (Wildman–Crippen MR) is 161 cm³/mol. The average Bonchev–Trinajstić information content (AvgIpc) is 3.25. The van der Waals surface area contributed by atoms with Gasteiger partial charge in [0.25, 0.3) is 11.8 Å². The number of likely N-dealkylation sites (N-methyl/N-ethyl adjacent to an activating group) is 1. The summed E-state index contributed by atoms with van der Waals surface area (Å²) in [5, 5.41) is 3.39. The maximum atomic E-state index is 13.8. The zero-order valence-electron chi connectivity index (χ0n) is 24.1. The van der Waals surface area contributed by atoms with Gasteiger partial charge >= 0.3 is 0 Å². The summed E-state index contributed by atoms with van der Waals surface area (Å²) in [5.41, 5.74) is 3.43. The number of amides is 2. The first-order chi connectivity index (χ1) is 19.2. The fraction of sp³-hybridized carbons (Fsp3) is 0.452. The van der Waals surface area contributed by atoms with E-state index < -0.39 is 5.41 Å². The minimum absolute atomic E-state index is 0.191. The minimum atomic E-state index is -0.513. The molecule has 1 aliphatic heterocycles. The van der Waals surface area contributed by atoms with E-state index in [1.54, 1.807) is 29.4 Å². The molecule has 0 spiro atoms. The number of pyridine rings is 1. The maximum absolute atomic E-state index is 13.8. The number of fused-ring (bicyclic) bond motifs is 3. The van der Waals surface area contributed by atoms with Crippen molar-refractivity contribution in [3.05, 3.63) is 64.6 Å². The molecule has 2 N–H and O–H groups in total. The van der Waals surface area contributed by atoms with Gasteiger partial charge in [0.1, 0.15) is 12.4 Å². The van der Waals surface area contributed by atoms with Crippen LogP contribution in [0.5, 0.6) is 5.75 Å². The summed E-state index contributed by atoms with van der Waals surface area (Å²) >= 11 is 6.20. The van der Waals surface area contributed by atoms with E-state index in [-0.39, 0.29) is 11.8 Å². The first-order valence-electron chi connectivity index (χ1n) is 14.1. The molecular formula is C31H40ClN5O3. The molecule has 4 rings (SSSR count). The van der Waals surface area contributed by atoms with Crippen molar-refractivity contribution in [2.75, 3.05) is 39.3 Å². The van der Waals surface area contributed by atoms with Crippen LogP contribution in [0, 0.1) is 0 Å². The highest BCUT2D eigenvalue weighted by Crippen LogP contribution is 2.40. The summed E-state index contributed by atoms with van der Waals surface area (Å²) in [7, 11) is 0. The van der Waals surface area contributed by atoms with Crippen LogP contribution in [0.25, 0.3) is 16.6 Å². The van der Waals surface area contributed by atoms with Gasteiger partial charge in [0.05, 0.1) is 27.3 Å². The van der Waals surface area contributed by atoms with Crippen LogP contribution in [0.3, 0.4) is 0 Å². The lowest BCUT2D eigenvalue weighted by atomic mass is 9.83. The molecule has 0 saturated carbocycles. The number of carbonyl (C=O) groups is 2.